The van der Waals surface area contributed by atoms with Gasteiger partial charge < -0.3 is 10.2 Å². The number of carbonyl (C=O) groups is 2. The van der Waals surface area contributed by atoms with Gasteiger partial charge >= 0.3 is 6.18 Å². The smallest absolute Gasteiger partial charge is 0.322 e. The van der Waals surface area contributed by atoms with Gasteiger partial charge in [0.05, 0.1) is 5.56 Å². The summed E-state index contributed by atoms with van der Waals surface area (Å²) in [4.78, 5) is 27.1. The number of hydrogen-bond acceptors (Lipinski definition) is 2. The highest BCUT2D eigenvalue weighted by molar-refractivity contribution is 6.05. The second-order valence-corrected chi connectivity index (χ2v) is 7.60. The lowest BCUT2D eigenvalue weighted by Gasteiger charge is -2.21. The maximum absolute atomic E-state index is 12.9. The molecule has 0 aromatic heterocycles. The van der Waals surface area contributed by atoms with Crippen LogP contribution in [-0.4, -0.2) is 18.4 Å². The van der Waals surface area contributed by atoms with Gasteiger partial charge in [-0.2, -0.15) is 13.2 Å². The summed E-state index contributed by atoms with van der Waals surface area (Å²) in [5.74, 6) is -0.436. The van der Waals surface area contributed by atoms with Crippen LogP contribution in [0.1, 0.15) is 47.2 Å². The zero-order chi connectivity index (χ0) is 20.6. The van der Waals surface area contributed by atoms with Crippen LogP contribution in [0.3, 0.4) is 0 Å². The fourth-order valence-electron chi connectivity index (χ4n) is 4.12. The molecule has 0 spiro atoms. The molecule has 29 heavy (non-hydrogen) atoms. The van der Waals surface area contributed by atoms with Crippen molar-refractivity contribution in [1.29, 1.82) is 0 Å². The minimum atomic E-state index is -4.51. The van der Waals surface area contributed by atoms with Crippen LogP contribution in [-0.2, 0) is 17.4 Å². The molecule has 1 saturated carbocycles. The van der Waals surface area contributed by atoms with E-state index in [0.717, 1.165) is 55.5 Å². The second kappa shape index (κ2) is 7.54. The molecular weight excluding hydrogens is 381 g/mol. The van der Waals surface area contributed by atoms with Gasteiger partial charge in [-0.1, -0.05) is 25.0 Å². The fraction of sp³-hybridized carbons (Fsp3) is 0.364. The second-order valence-electron chi connectivity index (χ2n) is 7.60. The van der Waals surface area contributed by atoms with E-state index < -0.39 is 17.6 Å². The van der Waals surface area contributed by atoms with Crippen LogP contribution in [0.5, 0.6) is 0 Å². The van der Waals surface area contributed by atoms with Gasteiger partial charge in [-0.05, 0) is 55.2 Å². The van der Waals surface area contributed by atoms with Crippen molar-refractivity contribution in [2.45, 2.75) is 38.3 Å². The molecule has 2 aromatic carbocycles. The average molecular weight is 402 g/mol. The fourth-order valence-corrected chi connectivity index (χ4v) is 4.12. The first-order chi connectivity index (χ1) is 13.8. The number of amides is 2. The first-order valence-electron chi connectivity index (χ1n) is 9.76. The third-order valence-electron chi connectivity index (χ3n) is 5.66. The molecule has 2 aromatic rings. The molecule has 152 valence electrons. The van der Waals surface area contributed by atoms with E-state index in [-0.39, 0.29) is 17.4 Å². The van der Waals surface area contributed by atoms with Gasteiger partial charge in [0.25, 0.3) is 5.91 Å². The molecule has 2 aliphatic rings. The quantitative estimate of drug-likeness (QED) is 0.782. The molecule has 0 saturated heterocycles. The number of hydrogen-bond donors (Lipinski definition) is 1. The minimum Gasteiger partial charge on any atom is -0.322 e. The van der Waals surface area contributed by atoms with E-state index in [1.807, 2.05) is 6.07 Å². The Morgan fingerprint density at radius 3 is 2.52 bits per heavy atom. The van der Waals surface area contributed by atoms with E-state index in [1.54, 1.807) is 17.0 Å². The molecule has 2 amide bonds. The van der Waals surface area contributed by atoms with Gasteiger partial charge in [-0.25, -0.2) is 0 Å². The van der Waals surface area contributed by atoms with Crippen molar-refractivity contribution in [1.82, 2.24) is 0 Å². The number of anilines is 2. The van der Waals surface area contributed by atoms with Gasteiger partial charge in [-0.15, -0.1) is 0 Å². The van der Waals surface area contributed by atoms with Gasteiger partial charge in [0.15, 0.2) is 0 Å². The van der Waals surface area contributed by atoms with Crippen LogP contribution in [0, 0.1) is 5.92 Å². The van der Waals surface area contributed by atoms with Crippen molar-refractivity contribution in [2.24, 2.45) is 5.92 Å². The lowest BCUT2D eigenvalue weighted by Crippen LogP contribution is -2.33. The molecule has 1 heterocycles. The van der Waals surface area contributed by atoms with Crippen LogP contribution < -0.4 is 10.2 Å². The largest absolute Gasteiger partial charge is 0.416 e. The summed E-state index contributed by atoms with van der Waals surface area (Å²) in [6, 6.07) is 9.63. The first kappa shape index (κ1) is 19.5. The summed E-state index contributed by atoms with van der Waals surface area (Å²) in [5, 5.41) is 2.65. The zero-order valence-electron chi connectivity index (χ0n) is 15.8. The molecule has 1 fully saturated rings. The molecule has 0 unspecified atom stereocenters. The topological polar surface area (TPSA) is 49.4 Å². The Kier molecular flexibility index (Phi) is 5.06. The van der Waals surface area contributed by atoms with E-state index in [0.29, 0.717) is 12.2 Å². The Bertz CT molecular complexity index is 949. The summed E-state index contributed by atoms with van der Waals surface area (Å²) < 4.78 is 38.7. The Labute approximate surface area is 166 Å². The third kappa shape index (κ3) is 3.99. The molecule has 7 heteroatoms. The molecule has 1 aliphatic heterocycles. The highest BCUT2D eigenvalue weighted by Gasteiger charge is 2.32. The molecule has 4 rings (SSSR count). The van der Waals surface area contributed by atoms with Gasteiger partial charge in [0, 0.05) is 29.4 Å². The average Bonchev–Trinajstić information content (AvgIpc) is 3.37. The number of alkyl halides is 3. The lowest BCUT2D eigenvalue weighted by atomic mass is 10.1. The van der Waals surface area contributed by atoms with E-state index in [4.69, 9.17) is 0 Å². The van der Waals surface area contributed by atoms with Crippen molar-refractivity contribution in [3.05, 3.63) is 59.2 Å². The van der Waals surface area contributed by atoms with Crippen molar-refractivity contribution >= 4 is 23.2 Å². The van der Waals surface area contributed by atoms with E-state index in [2.05, 4.69) is 5.32 Å². The highest BCUT2D eigenvalue weighted by atomic mass is 19.4. The van der Waals surface area contributed by atoms with Crippen LogP contribution in [0.4, 0.5) is 24.5 Å². The van der Waals surface area contributed by atoms with Crippen LogP contribution in [0.15, 0.2) is 42.5 Å². The van der Waals surface area contributed by atoms with E-state index in [1.165, 1.54) is 12.1 Å². The number of halogens is 3. The van der Waals surface area contributed by atoms with E-state index >= 15 is 0 Å². The monoisotopic (exact) mass is 402 g/mol. The molecule has 0 radical (unpaired) electrons. The maximum atomic E-state index is 12.9. The van der Waals surface area contributed by atoms with E-state index in [9.17, 15) is 22.8 Å². The number of nitrogens with one attached hydrogen (secondary N) is 1. The maximum Gasteiger partial charge on any atom is 0.416 e. The van der Waals surface area contributed by atoms with Crippen molar-refractivity contribution in [3.63, 3.8) is 0 Å². The minimum absolute atomic E-state index is 0.0595. The predicted molar refractivity (Wildman–Crippen MR) is 104 cm³/mol. The highest BCUT2D eigenvalue weighted by Crippen LogP contribution is 2.35. The van der Waals surface area contributed by atoms with Crippen molar-refractivity contribution in [2.75, 3.05) is 16.8 Å². The van der Waals surface area contributed by atoms with Crippen molar-refractivity contribution < 1.29 is 22.8 Å². The van der Waals surface area contributed by atoms with Crippen LogP contribution in [0.2, 0.25) is 0 Å². The zero-order valence-corrected chi connectivity index (χ0v) is 15.8. The normalized spacial score (nSPS) is 16.7. The summed E-state index contributed by atoms with van der Waals surface area (Å²) in [7, 11) is 0. The summed E-state index contributed by atoms with van der Waals surface area (Å²) in [6.45, 7) is 0.621. The molecule has 1 N–H and O–H groups in total. The Morgan fingerprint density at radius 1 is 1.03 bits per heavy atom. The van der Waals surface area contributed by atoms with Crippen LogP contribution >= 0.6 is 0 Å². The molecular formula is C22H21F3N2O2. The lowest BCUT2D eigenvalue weighted by molar-refractivity contribution is -0.137. The van der Waals surface area contributed by atoms with Crippen molar-refractivity contribution in [3.8, 4) is 0 Å². The number of carbonyl (C=O) groups excluding carboxylic acids is 2. The Balaban J connectivity index is 1.53. The summed E-state index contributed by atoms with van der Waals surface area (Å²) >= 11 is 0. The number of fused-ring (bicyclic) bond motifs is 1. The Morgan fingerprint density at radius 2 is 1.79 bits per heavy atom. The first-order valence-corrected chi connectivity index (χ1v) is 9.76. The van der Waals surface area contributed by atoms with Gasteiger partial charge in [-0.3, -0.25) is 9.59 Å². The standard InChI is InChI=1S/C22H21F3N2O2/c23-22(24,25)17-7-3-6-16(12-17)20(28)26-18-9-8-14-10-11-27(19(14)13-18)21(29)15-4-1-2-5-15/h3,6-9,12-13,15H,1-2,4-5,10-11H2,(H,26,28). The third-order valence-corrected chi connectivity index (χ3v) is 5.66. The molecule has 4 nitrogen and oxygen atoms in total. The summed E-state index contributed by atoms with van der Waals surface area (Å²) in [6.07, 6.45) is 0.224. The number of benzene rings is 2. The summed E-state index contributed by atoms with van der Waals surface area (Å²) in [5.41, 5.74) is 1.33. The molecule has 1 aliphatic carbocycles. The molecule has 0 atom stereocenters. The predicted octanol–water partition coefficient (Wildman–Crippen LogP) is 5.04. The van der Waals surface area contributed by atoms with Crippen LogP contribution in [0.25, 0.3) is 0 Å². The van der Waals surface area contributed by atoms with Gasteiger partial charge in [0.1, 0.15) is 0 Å². The molecule has 0 bridgehead atoms. The SMILES string of the molecule is O=C(Nc1ccc2c(c1)N(C(=O)C1CCCC1)CC2)c1cccc(C(F)(F)F)c1. The van der Waals surface area contributed by atoms with Gasteiger partial charge in [0.2, 0.25) is 5.91 Å². The Hall–Kier alpha value is -2.83. The number of nitrogens with zero attached hydrogens (tertiary/aromatic N) is 1. The number of rotatable bonds is 3.